The summed E-state index contributed by atoms with van der Waals surface area (Å²) in [5.41, 5.74) is 0.306. The van der Waals surface area contributed by atoms with Gasteiger partial charge in [0.15, 0.2) is 23.7 Å². The zero-order chi connectivity index (χ0) is 29.4. The molecular formula is C28H32N2O11. The number of amides is 2. The molecule has 0 aromatic heterocycles. The maximum atomic E-state index is 12.5. The van der Waals surface area contributed by atoms with E-state index >= 15 is 0 Å². The van der Waals surface area contributed by atoms with Crippen LogP contribution in [0.3, 0.4) is 0 Å². The molecule has 2 bridgehead atoms. The standard InChI is InChI=1S/C24H26N2O5.C4H6O6/c27-16-4-3-14-11-17-24(30)8-7-15(26-18(28)5-6-19(26)29)22-23(24,20(14)21(16)31-22)9-10-25(17)12-13-1-2-13;5-1(3(7)8)2(6)4(9)10/h3-6,13,15,17,22,27,30H,1-2,7-12H2;1-2,5-6H,(H,7,8)(H,9,10)/t15-,17-,22-,23+,24-;/m1./s1. The largest absolute Gasteiger partial charge is 0.504 e. The predicted molar refractivity (Wildman–Crippen MR) is 137 cm³/mol. The van der Waals surface area contributed by atoms with E-state index in [2.05, 4.69) is 4.90 Å². The Morgan fingerprint density at radius 2 is 1.63 bits per heavy atom. The highest BCUT2D eigenvalue weighted by Crippen LogP contribution is 2.66. The van der Waals surface area contributed by atoms with E-state index in [1.807, 2.05) is 6.07 Å². The van der Waals surface area contributed by atoms with Crippen LogP contribution < -0.4 is 4.74 Å². The lowest BCUT2D eigenvalue weighted by molar-refractivity contribution is -0.201. The molecule has 41 heavy (non-hydrogen) atoms. The molecule has 3 heterocycles. The Bertz CT molecular complexity index is 1320. The lowest BCUT2D eigenvalue weighted by Gasteiger charge is -2.64. The maximum absolute atomic E-state index is 12.5. The average molecular weight is 573 g/mol. The van der Waals surface area contributed by atoms with Crippen molar-refractivity contribution < 1.29 is 54.6 Å². The van der Waals surface area contributed by atoms with Gasteiger partial charge in [-0.3, -0.25) is 19.4 Å². The molecular weight excluding hydrogens is 540 g/mol. The molecule has 0 radical (unpaired) electrons. The van der Waals surface area contributed by atoms with Crippen molar-refractivity contribution in [2.24, 2.45) is 5.92 Å². The van der Waals surface area contributed by atoms with Gasteiger partial charge >= 0.3 is 11.9 Å². The second kappa shape index (κ2) is 9.51. The molecule has 3 aliphatic carbocycles. The molecule has 13 nitrogen and oxygen atoms in total. The number of phenols is 1. The molecule has 7 atom stereocenters. The number of aliphatic hydroxyl groups is 3. The topological polar surface area (TPSA) is 205 Å². The highest BCUT2D eigenvalue weighted by molar-refractivity contribution is 6.13. The normalized spacial score (nSPS) is 34.3. The summed E-state index contributed by atoms with van der Waals surface area (Å²) in [5.74, 6) is -2.94. The lowest BCUT2D eigenvalue weighted by atomic mass is 9.48. The third-order valence-electron chi connectivity index (χ3n) is 9.71. The van der Waals surface area contributed by atoms with Crippen LogP contribution in [0.2, 0.25) is 0 Å². The molecule has 220 valence electrons. The number of aliphatic hydroxyl groups excluding tert-OH is 2. The van der Waals surface area contributed by atoms with Crippen LogP contribution in [0.25, 0.3) is 0 Å². The Morgan fingerprint density at radius 1 is 1.00 bits per heavy atom. The predicted octanol–water partition coefficient (Wildman–Crippen LogP) is -0.873. The summed E-state index contributed by atoms with van der Waals surface area (Å²) < 4.78 is 6.42. The van der Waals surface area contributed by atoms with Crippen molar-refractivity contribution in [3.63, 3.8) is 0 Å². The van der Waals surface area contributed by atoms with Crippen LogP contribution in [0.15, 0.2) is 24.3 Å². The number of aromatic hydroxyl groups is 1. The van der Waals surface area contributed by atoms with Gasteiger partial charge in [0.05, 0.1) is 17.1 Å². The van der Waals surface area contributed by atoms with E-state index in [9.17, 15) is 29.4 Å². The van der Waals surface area contributed by atoms with Crippen LogP contribution in [-0.4, -0.2) is 113 Å². The van der Waals surface area contributed by atoms with E-state index in [1.54, 1.807) is 6.07 Å². The van der Waals surface area contributed by atoms with Gasteiger partial charge in [0.1, 0.15) is 6.10 Å². The quantitative estimate of drug-likeness (QED) is 0.230. The Morgan fingerprint density at radius 3 is 2.22 bits per heavy atom. The summed E-state index contributed by atoms with van der Waals surface area (Å²) in [7, 11) is 0. The second-order valence-corrected chi connectivity index (χ2v) is 11.8. The lowest BCUT2D eigenvalue weighted by Crippen LogP contribution is -2.78. The van der Waals surface area contributed by atoms with Crippen LogP contribution in [0.1, 0.15) is 43.2 Å². The molecule has 1 aromatic carbocycles. The molecule has 13 heteroatoms. The summed E-state index contributed by atoms with van der Waals surface area (Å²) in [5, 5.41) is 55.6. The van der Waals surface area contributed by atoms with Crippen LogP contribution in [0, 0.1) is 5.92 Å². The summed E-state index contributed by atoms with van der Waals surface area (Å²) in [6, 6.07) is 3.17. The van der Waals surface area contributed by atoms with Gasteiger partial charge in [-0.05, 0) is 62.6 Å². The van der Waals surface area contributed by atoms with Crippen molar-refractivity contribution in [3.05, 3.63) is 35.4 Å². The molecule has 6 N–H and O–H groups in total. The average Bonchev–Trinajstić information content (AvgIpc) is 3.59. The van der Waals surface area contributed by atoms with E-state index in [4.69, 9.17) is 25.2 Å². The molecule has 7 rings (SSSR count). The molecule has 2 amide bonds. The summed E-state index contributed by atoms with van der Waals surface area (Å²) in [6.07, 6.45) is 2.51. The Kier molecular flexibility index (Phi) is 6.41. The van der Waals surface area contributed by atoms with E-state index in [0.29, 0.717) is 25.0 Å². The van der Waals surface area contributed by atoms with Crippen molar-refractivity contribution in [2.45, 2.75) is 79.9 Å². The fraction of sp³-hybridized carbons (Fsp3) is 0.571. The number of ether oxygens (including phenoxy) is 1. The second-order valence-electron chi connectivity index (χ2n) is 11.8. The number of hydrogen-bond acceptors (Lipinski definition) is 10. The van der Waals surface area contributed by atoms with E-state index < -0.39 is 47.3 Å². The van der Waals surface area contributed by atoms with Crippen molar-refractivity contribution >= 4 is 23.8 Å². The highest BCUT2D eigenvalue weighted by atomic mass is 16.5. The zero-order valence-corrected chi connectivity index (χ0v) is 22.0. The third kappa shape index (κ3) is 3.97. The van der Waals surface area contributed by atoms with Gasteiger partial charge in [0.25, 0.3) is 11.8 Å². The number of likely N-dealkylation sites (tertiary alicyclic amines) is 1. The number of aliphatic carboxylic acids is 2. The fourth-order valence-corrected chi connectivity index (χ4v) is 7.73. The van der Waals surface area contributed by atoms with Gasteiger partial charge in [-0.2, -0.15) is 0 Å². The molecule has 1 aromatic rings. The van der Waals surface area contributed by atoms with Gasteiger partial charge in [0.2, 0.25) is 0 Å². The first-order valence-corrected chi connectivity index (χ1v) is 13.8. The minimum absolute atomic E-state index is 0.0139. The number of nitrogens with zero attached hydrogens (tertiary/aromatic N) is 2. The molecule has 1 saturated heterocycles. The minimum atomic E-state index is -2.27. The van der Waals surface area contributed by atoms with Gasteiger partial charge in [0, 0.05) is 30.3 Å². The number of phenolic OH excluding ortho intramolecular Hbond substituents is 1. The third-order valence-corrected chi connectivity index (χ3v) is 9.71. The van der Waals surface area contributed by atoms with Gasteiger partial charge < -0.3 is 35.4 Å². The minimum Gasteiger partial charge on any atom is -0.504 e. The first-order valence-electron chi connectivity index (χ1n) is 13.8. The first kappa shape index (κ1) is 27.6. The molecule has 3 fully saturated rings. The van der Waals surface area contributed by atoms with E-state index in [0.717, 1.165) is 36.6 Å². The fourth-order valence-electron chi connectivity index (χ4n) is 7.73. The first-order chi connectivity index (χ1) is 19.4. The van der Waals surface area contributed by atoms with Crippen molar-refractivity contribution in [1.82, 2.24) is 9.80 Å². The Hall–Kier alpha value is -3.52. The highest BCUT2D eigenvalue weighted by Gasteiger charge is 2.74. The van der Waals surface area contributed by atoms with Gasteiger partial charge in [-0.25, -0.2) is 9.59 Å². The van der Waals surface area contributed by atoms with Crippen molar-refractivity contribution in [3.8, 4) is 11.5 Å². The zero-order valence-electron chi connectivity index (χ0n) is 22.0. The van der Waals surface area contributed by atoms with Gasteiger partial charge in [-0.15, -0.1) is 0 Å². The number of imide groups is 1. The number of carbonyl (C=O) groups excluding carboxylic acids is 2. The number of benzene rings is 1. The summed E-state index contributed by atoms with van der Waals surface area (Å²) >= 11 is 0. The number of carbonyl (C=O) groups is 4. The summed E-state index contributed by atoms with van der Waals surface area (Å²) in [4.78, 5) is 48.4. The van der Waals surface area contributed by atoms with E-state index in [-0.39, 0.29) is 23.6 Å². The molecule has 2 unspecified atom stereocenters. The monoisotopic (exact) mass is 572 g/mol. The van der Waals surface area contributed by atoms with E-state index in [1.165, 1.54) is 29.9 Å². The smallest absolute Gasteiger partial charge is 0.335 e. The number of hydrogen-bond donors (Lipinski definition) is 6. The van der Waals surface area contributed by atoms with Crippen LogP contribution in [0.4, 0.5) is 0 Å². The SMILES string of the molecule is O=C(O)C(O)C(O)C(=O)O.O=C1C=CC(=O)N1[C@@H]1CC[C@@]2(O)[C@H]3Cc4ccc(O)c5c4[C@@]2(CCN3CC2CC2)[C@@H]1O5. The summed E-state index contributed by atoms with van der Waals surface area (Å²) in [6.45, 7) is 1.87. The number of piperidine rings is 1. The van der Waals surface area contributed by atoms with Crippen LogP contribution in [0.5, 0.6) is 11.5 Å². The molecule has 1 spiro atoms. The van der Waals surface area contributed by atoms with Gasteiger partial charge in [-0.1, -0.05) is 6.07 Å². The number of rotatable bonds is 6. The molecule has 6 aliphatic rings. The van der Waals surface area contributed by atoms with Crippen LogP contribution >= 0.6 is 0 Å². The van der Waals surface area contributed by atoms with Crippen LogP contribution in [-0.2, 0) is 31.0 Å². The number of carboxylic acid groups (broad SMARTS) is 2. The van der Waals surface area contributed by atoms with Crippen molar-refractivity contribution in [2.75, 3.05) is 13.1 Å². The van der Waals surface area contributed by atoms with Crippen molar-refractivity contribution in [1.29, 1.82) is 0 Å². The Balaban J connectivity index is 0.000000262. The Labute approximate surface area is 234 Å². The maximum Gasteiger partial charge on any atom is 0.335 e. The molecule has 2 saturated carbocycles. The number of carboxylic acids is 2. The molecule has 3 aliphatic heterocycles.